The molecule has 0 bridgehead atoms. The van der Waals surface area contributed by atoms with Crippen molar-refractivity contribution in [3.05, 3.63) is 95.1 Å². The van der Waals surface area contributed by atoms with Crippen LogP contribution in [-0.4, -0.2) is 20.9 Å². The Morgan fingerprint density at radius 3 is 2.48 bits per heavy atom. The fourth-order valence-electron chi connectivity index (χ4n) is 3.32. The summed E-state index contributed by atoms with van der Waals surface area (Å²) in [5.41, 5.74) is 5.99. The molecule has 0 saturated carbocycles. The van der Waals surface area contributed by atoms with Gasteiger partial charge in [-0.15, -0.1) is 5.10 Å². The van der Waals surface area contributed by atoms with Gasteiger partial charge in [0.15, 0.2) is 0 Å². The first kappa shape index (κ1) is 17.4. The molecule has 5 rings (SSSR count). The summed E-state index contributed by atoms with van der Waals surface area (Å²) < 4.78 is 1.71. The zero-order valence-corrected chi connectivity index (χ0v) is 16.0. The summed E-state index contributed by atoms with van der Waals surface area (Å²) in [5.74, 6) is -0.0822. The second-order valence-electron chi connectivity index (χ2n) is 6.70. The number of carbonyl (C=O) groups is 1. The third-order valence-corrected chi connectivity index (χ3v) is 5.06. The van der Waals surface area contributed by atoms with Crippen LogP contribution in [0.1, 0.15) is 11.1 Å². The highest BCUT2D eigenvalue weighted by Gasteiger charge is 2.23. The number of hydrogen-bond donors (Lipinski definition) is 1. The van der Waals surface area contributed by atoms with E-state index in [0.717, 1.165) is 33.8 Å². The molecule has 2 heterocycles. The van der Waals surface area contributed by atoms with Gasteiger partial charge in [-0.3, -0.25) is 4.79 Å². The van der Waals surface area contributed by atoms with Gasteiger partial charge < -0.3 is 5.32 Å². The molecule has 0 atom stereocenters. The van der Waals surface area contributed by atoms with Crippen molar-refractivity contribution in [1.82, 2.24) is 15.0 Å². The zero-order valence-electron chi connectivity index (χ0n) is 15.2. The van der Waals surface area contributed by atoms with Crippen molar-refractivity contribution in [1.29, 1.82) is 0 Å². The first-order valence-corrected chi connectivity index (χ1v) is 9.46. The Labute approximate surface area is 172 Å². The standard InChI is InChI=1S/C23H15ClN4O/c24-17-9-11-18(12-10-17)28-14-22(26-27-28)16-7-5-15(6-8-16)13-20-19-3-1-2-4-21(19)25-23(20)29/h1-14H,(H,25,29). The topological polar surface area (TPSA) is 59.8 Å². The smallest absolute Gasteiger partial charge is 0.256 e. The van der Waals surface area contributed by atoms with Crippen molar-refractivity contribution in [2.45, 2.75) is 0 Å². The van der Waals surface area contributed by atoms with Gasteiger partial charge in [0.2, 0.25) is 0 Å². The highest BCUT2D eigenvalue weighted by atomic mass is 35.5. The van der Waals surface area contributed by atoms with Crippen LogP contribution in [0.3, 0.4) is 0 Å². The Morgan fingerprint density at radius 2 is 1.69 bits per heavy atom. The van der Waals surface area contributed by atoms with E-state index in [2.05, 4.69) is 15.6 Å². The molecule has 1 aliphatic rings. The van der Waals surface area contributed by atoms with Crippen molar-refractivity contribution in [3.63, 3.8) is 0 Å². The van der Waals surface area contributed by atoms with Gasteiger partial charge in [-0.05, 0) is 42.0 Å². The Hall–Kier alpha value is -3.70. The minimum atomic E-state index is -0.0822. The number of halogens is 1. The van der Waals surface area contributed by atoms with E-state index in [9.17, 15) is 4.79 Å². The molecule has 140 valence electrons. The molecular weight excluding hydrogens is 384 g/mol. The van der Waals surface area contributed by atoms with E-state index in [-0.39, 0.29) is 5.91 Å². The first-order valence-electron chi connectivity index (χ1n) is 9.08. The van der Waals surface area contributed by atoms with Crippen LogP contribution < -0.4 is 5.32 Å². The third kappa shape index (κ3) is 3.32. The summed E-state index contributed by atoms with van der Waals surface area (Å²) in [7, 11) is 0. The Bertz CT molecular complexity index is 1240. The van der Waals surface area contributed by atoms with Gasteiger partial charge in [0, 0.05) is 27.4 Å². The number of hydrogen-bond acceptors (Lipinski definition) is 3. The van der Waals surface area contributed by atoms with Gasteiger partial charge in [0.25, 0.3) is 5.91 Å². The number of carbonyl (C=O) groups excluding carboxylic acids is 1. The Morgan fingerprint density at radius 1 is 0.931 bits per heavy atom. The minimum absolute atomic E-state index is 0.0822. The molecule has 4 aromatic rings. The third-order valence-electron chi connectivity index (χ3n) is 4.81. The predicted octanol–water partition coefficient (Wildman–Crippen LogP) is 5.08. The molecule has 6 heteroatoms. The molecule has 1 aliphatic heterocycles. The predicted molar refractivity (Wildman–Crippen MR) is 115 cm³/mol. The van der Waals surface area contributed by atoms with Gasteiger partial charge in [0.05, 0.1) is 11.9 Å². The number of nitrogens with one attached hydrogen (secondary N) is 1. The van der Waals surface area contributed by atoms with Gasteiger partial charge in [-0.1, -0.05) is 59.3 Å². The molecule has 0 fully saturated rings. The monoisotopic (exact) mass is 398 g/mol. The molecule has 0 radical (unpaired) electrons. The number of amides is 1. The molecule has 0 unspecified atom stereocenters. The van der Waals surface area contributed by atoms with E-state index in [0.29, 0.717) is 10.6 Å². The molecule has 1 N–H and O–H groups in total. The van der Waals surface area contributed by atoms with Gasteiger partial charge in [-0.2, -0.15) is 0 Å². The maximum absolute atomic E-state index is 12.3. The highest BCUT2D eigenvalue weighted by molar-refractivity contribution is 6.34. The van der Waals surface area contributed by atoms with Crippen LogP contribution in [0.2, 0.25) is 5.02 Å². The summed E-state index contributed by atoms with van der Waals surface area (Å²) in [6, 6.07) is 23.0. The Kier molecular flexibility index (Phi) is 4.22. The van der Waals surface area contributed by atoms with Crippen LogP contribution in [0.25, 0.3) is 28.6 Å². The Balaban J connectivity index is 1.41. The number of rotatable bonds is 3. The van der Waals surface area contributed by atoms with Crippen LogP contribution >= 0.6 is 11.6 Å². The number of nitrogens with zero attached hydrogens (tertiary/aromatic N) is 3. The second-order valence-corrected chi connectivity index (χ2v) is 7.14. The number of fused-ring (bicyclic) bond motifs is 1. The minimum Gasteiger partial charge on any atom is -0.321 e. The largest absolute Gasteiger partial charge is 0.321 e. The molecule has 1 aromatic heterocycles. The van der Waals surface area contributed by atoms with E-state index in [1.54, 1.807) is 4.68 Å². The van der Waals surface area contributed by atoms with Gasteiger partial charge in [-0.25, -0.2) is 4.68 Å². The summed E-state index contributed by atoms with van der Waals surface area (Å²) in [4.78, 5) is 12.3. The van der Waals surface area contributed by atoms with Crippen LogP contribution in [0.4, 0.5) is 5.69 Å². The van der Waals surface area contributed by atoms with Crippen molar-refractivity contribution < 1.29 is 4.79 Å². The lowest BCUT2D eigenvalue weighted by Crippen LogP contribution is -2.03. The molecule has 0 spiro atoms. The number of benzene rings is 3. The molecule has 0 saturated heterocycles. The summed E-state index contributed by atoms with van der Waals surface area (Å²) >= 11 is 5.94. The lowest BCUT2D eigenvalue weighted by atomic mass is 10.0. The average Bonchev–Trinajstić information content (AvgIpc) is 3.35. The van der Waals surface area contributed by atoms with E-state index in [1.807, 2.05) is 85.1 Å². The lowest BCUT2D eigenvalue weighted by Gasteiger charge is -2.01. The number of para-hydroxylation sites is 1. The molecule has 1 amide bonds. The fraction of sp³-hybridized carbons (Fsp3) is 0. The number of anilines is 1. The van der Waals surface area contributed by atoms with Crippen LogP contribution in [0.5, 0.6) is 0 Å². The molecular formula is C23H15ClN4O. The maximum atomic E-state index is 12.3. The van der Waals surface area contributed by atoms with Crippen molar-refractivity contribution >= 4 is 34.8 Å². The van der Waals surface area contributed by atoms with Crippen molar-refractivity contribution in [3.8, 4) is 16.9 Å². The fourth-order valence-corrected chi connectivity index (χ4v) is 3.44. The molecule has 29 heavy (non-hydrogen) atoms. The summed E-state index contributed by atoms with van der Waals surface area (Å²) in [5, 5.41) is 12.0. The maximum Gasteiger partial charge on any atom is 0.256 e. The second kappa shape index (κ2) is 7.04. The summed E-state index contributed by atoms with van der Waals surface area (Å²) in [6.45, 7) is 0. The molecule has 3 aromatic carbocycles. The van der Waals surface area contributed by atoms with Crippen molar-refractivity contribution in [2.24, 2.45) is 0 Å². The zero-order chi connectivity index (χ0) is 19.8. The molecule has 0 aliphatic carbocycles. The van der Waals surface area contributed by atoms with E-state index in [4.69, 9.17) is 11.6 Å². The van der Waals surface area contributed by atoms with E-state index in [1.165, 1.54) is 0 Å². The average molecular weight is 399 g/mol. The first-order chi connectivity index (χ1) is 14.2. The SMILES string of the molecule is O=C1Nc2ccccc2C1=Cc1ccc(-c2cn(-c3ccc(Cl)cc3)nn2)cc1. The quantitative estimate of drug-likeness (QED) is 0.489. The van der Waals surface area contributed by atoms with Crippen LogP contribution in [0.15, 0.2) is 79.0 Å². The number of aromatic nitrogens is 3. The highest BCUT2D eigenvalue weighted by Crippen LogP contribution is 2.32. The van der Waals surface area contributed by atoms with Crippen LogP contribution in [-0.2, 0) is 4.79 Å². The van der Waals surface area contributed by atoms with E-state index < -0.39 is 0 Å². The van der Waals surface area contributed by atoms with Crippen LogP contribution in [0, 0.1) is 0 Å². The van der Waals surface area contributed by atoms with E-state index >= 15 is 0 Å². The normalized spacial score (nSPS) is 14.1. The van der Waals surface area contributed by atoms with Gasteiger partial charge >= 0.3 is 0 Å². The summed E-state index contributed by atoms with van der Waals surface area (Å²) in [6.07, 6.45) is 3.77. The lowest BCUT2D eigenvalue weighted by molar-refractivity contribution is -0.110. The van der Waals surface area contributed by atoms with Crippen molar-refractivity contribution in [2.75, 3.05) is 5.32 Å². The van der Waals surface area contributed by atoms with Gasteiger partial charge in [0.1, 0.15) is 5.69 Å². The molecule has 5 nitrogen and oxygen atoms in total.